The van der Waals surface area contributed by atoms with E-state index in [0.29, 0.717) is 0 Å². The minimum Gasteiger partial charge on any atom is -0.0881 e. The molecule has 0 fully saturated rings. The molecule has 1 heterocycles. The van der Waals surface area contributed by atoms with Crippen LogP contribution >= 0.6 is 11.8 Å². The van der Waals surface area contributed by atoms with Gasteiger partial charge in [0.15, 0.2) is 0 Å². The van der Waals surface area contributed by atoms with Crippen LogP contribution in [0, 0.1) is 0 Å². The van der Waals surface area contributed by atoms with Crippen molar-refractivity contribution in [2.75, 3.05) is 0 Å². The van der Waals surface area contributed by atoms with E-state index in [9.17, 15) is 0 Å². The monoisotopic (exact) mass is 476 g/mol. The molecule has 0 saturated heterocycles. The third kappa shape index (κ3) is 2.61. The maximum absolute atomic E-state index is 2.46. The number of benzene rings is 6. The van der Waals surface area contributed by atoms with Crippen molar-refractivity contribution >= 4 is 33.3 Å². The minimum absolute atomic E-state index is 0.0368. The molecule has 0 amide bonds. The molecule has 6 aromatic carbocycles. The maximum atomic E-state index is 2.46. The first-order valence-corrected chi connectivity index (χ1v) is 13.4. The van der Waals surface area contributed by atoms with Gasteiger partial charge in [-0.25, -0.2) is 0 Å². The molecule has 0 unspecified atom stereocenters. The molecule has 0 atom stereocenters. The van der Waals surface area contributed by atoms with Gasteiger partial charge >= 0.3 is 0 Å². The Morgan fingerprint density at radius 1 is 0.556 bits per heavy atom. The highest BCUT2D eigenvalue weighted by Crippen LogP contribution is 2.54. The van der Waals surface area contributed by atoms with Gasteiger partial charge < -0.3 is 0 Å². The molecular weight excluding hydrogens is 452 g/mol. The number of hydrogen-bond acceptors (Lipinski definition) is 1. The van der Waals surface area contributed by atoms with Gasteiger partial charge in [0.05, 0.1) is 0 Å². The maximum Gasteiger partial charge on any atom is 0.0279 e. The Morgan fingerprint density at radius 3 is 2.22 bits per heavy atom. The van der Waals surface area contributed by atoms with E-state index in [1.165, 1.54) is 75.8 Å². The zero-order chi connectivity index (χ0) is 24.0. The van der Waals surface area contributed by atoms with E-state index in [2.05, 4.69) is 123 Å². The van der Waals surface area contributed by atoms with Gasteiger partial charge in [-0.1, -0.05) is 123 Å². The topological polar surface area (TPSA) is 0 Å². The fourth-order valence-electron chi connectivity index (χ4n) is 6.49. The number of fused-ring (bicyclic) bond motifs is 7. The van der Waals surface area contributed by atoms with Crippen LogP contribution in [0.3, 0.4) is 0 Å². The fraction of sp³-hybridized carbons (Fsp3) is 0.0857. The summed E-state index contributed by atoms with van der Waals surface area (Å²) in [4.78, 5) is 2.71. The van der Waals surface area contributed by atoms with Crippen molar-refractivity contribution < 1.29 is 0 Å². The minimum atomic E-state index is -0.0368. The Hall–Kier alpha value is -3.81. The third-order valence-corrected chi connectivity index (χ3v) is 9.46. The molecule has 0 spiro atoms. The van der Waals surface area contributed by atoms with Crippen LogP contribution in [0.25, 0.3) is 54.9 Å². The highest BCUT2D eigenvalue weighted by molar-refractivity contribution is 8.00. The summed E-state index contributed by atoms with van der Waals surface area (Å²) in [5, 5.41) is 5.36. The molecule has 170 valence electrons. The van der Waals surface area contributed by atoms with Crippen LogP contribution < -0.4 is 0 Å². The van der Waals surface area contributed by atoms with E-state index in [1.54, 1.807) is 0 Å². The molecule has 2 aliphatic rings. The molecule has 1 heteroatoms. The second-order valence-corrected chi connectivity index (χ2v) is 11.6. The second-order valence-electron chi connectivity index (χ2n) is 10.5. The van der Waals surface area contributed by atoms with Gasteiger partial charge in [-0.05, 0) is 72.8 Å². The number of rotatable bonds is 1. The Morgan fingerprint density at radius 2 is 1.31 bits per heavy atom. The Kier molecular flexibility index (Phi) is 4.03. The predicted octanol–water partition coefficient (Wildman–Crippen LogP) is 10.1. The van der Waals surface area contributed by atoms with E-state index >= 15 is 0 Å². The average molecular weight is 477 g/mol. The zero-order valence-corrected chi connectivity index (χ0v) is 21.1. The van der Waals surface area contributed by atoms with Crippen molar-refractivity contribution in [1.29, 1.82) is 0 Å². The molecule has 36 heavy (non-hydrogen) atoms. The first-order chi connectivity index (χ1) is 17.6. The Balaban J connectivity index is 1.35. The molecule has 0 saturated carbocycles. The van der Waals surface area contributed by atoms with Crippen molar-refractivity contribution in [1.82, 2.24) is 0 Å². The van der Waals surface area contributed by atoms with Crippen LogP contribution in [0.4, 0.5) is 0 Å². The molecule has 1 aliphatic heterocycles. The average Bonchev–Trinajstić information content (AvgIpc) is 3.15. The van der Waals surface area contributed by atoms with Crippen molar-refractivity contribution in [3.05, 3.63) is 120 Å². The summed E-state index contributed by atoms with van der Waals surface area (Å²) in [6, 6.07) is 40.8. The van der Waals surface area contributed by atoms with Crippen LogP contribution in [0.5, 0.6) is 0 Å². The lowest BCUT2D eigenvalue weighted by Gasteiger charge is -2.24. The standard InChI is InChI=1S/C35H24S/c1-35(2)29-19-17-21-8-3-4-11-24(21)33(29)28-18-16-23(20-30(28)35)25-12-7-14-27-26-13-5-9-22-10-6-15-31(32(22)26)36-34(25)27/h3-20H,1-2H3. The van der Waals surface area contributed by atoms with Crippen molar-refractivity contribution in [2.24, 2.45) is 0 Å². The van der Waals surface area contributed by atoms with Gasteiger partial charge in [-0.15, -0.1) is 0 Å². The van der Waals surface area contributed by atoms with E-state index in [1.807, 2.05) is 11.8 Å². The molecule has 0 bridgehead atoms. The zero-order valence-electron chi connectivity index (χ0n) is 20.3. The summed E-state index contributed by atoms with van der Waals surface area (Å²) in [7, 11) is 0. The smallest absolute Gasteiger partial charge is 0.0279 e. The summed E-state index contributed by atoms with van der Waals surface area (Å²) >= 11 is 1.92. The van der Waals surface area contributed by atoms with Crippen LogP contribution in [0.1, 0.15) is 25.0 Å². The molecule has 0 nitrogen and oxygen atoms in total. The molecular formula is C35H24S. The summed E-state index contributed by atoms with van der Waals surface area (Å²) in [6.07, 6.45) is 0. The van der Waals surface area contributed by atoms with Gasteiger partial charge in [0.1, 0.15) is 0 Å². The normalized spacial score (nSPS) is 14.5. The molecule has 0 radical (unpaired) electrons. The summed E-state index contributed by atoms with van der Waals surface area (Å²) in [5.74, 6) is 0. The third-order valence-electron chi connectivity index (χ3n) is 8.26. The van der Waals surface area contributed by atoms with Crippen molar-refractivity contribution in [2.45, 2.75) is 29.1 Å². The molecule has 0 N–H and O–H groups in total. The lowest BCUT2D eigenvalue weighted by atomic mass is 9.81. The van der Waals surface area contributed by atoms with Gasteiger partial charge in [-0.3, -0.25) is 0 Å². The largest absolute Gasteiger partial charge is 0.0881 e. The summed E-state index contributed by atoms with van der Waals surface area (Å²) < 4.78 is 0. The first-order valence-electron chi connectivity index (χ1n) is 12.6. The Bertz CT molecular complexity index is 1880. The fourth-order valence-corrected chi connectivity index (χ4v) is 7.77. The van der Waals surface area contributed by atoms with Crippen LogP contribution in [0.15, 0.2) is 119 Å². The van der Waals surface area contributed by atoms with Gasteiger partial charge in [0.2, 0.25) is 0 Å². The van der Waals surface area contributed by atoms with E-state index < -0.39 is 0 Å². The molecule has 8 rings (SSSR count). The van der Waals surface area contributed by atoms with Gasteiger partial charge in [-0.2, -0.15) is 0 Å². The highest BCUT2D eigenvalue weighted by Gasteiger charge is 2.36. The molecule has 6 aromatic rings. The van der Waals surface area contributed by atoms with E-state index in [-0.39, 0.29) is 5.41 Å². The van der Waals surface area contributed by atoms with Crippen molar-refractivity contribution in [3.63, 3.8) is 0 Å². The van der Waals surface area contributed by atoms with E-state index in [0.717, 1.165) is 0 Å². The number of hydrogen-bond donors (Lipinski definition) is 0. The van der Waals surface area contributed by atoms with Crippen LogP contribution in [-0.4, -0.2) is 0 Å². The predicted molar refractivity (Wildman–Crippen MR) is 154 cm³/mol. The highest BCUT2D eigenvalue weighted by atomic mass is 32.2. The molecule has 1 aliphatic carbocycles. The lowest BCUT2D eigenvalue weighted by molar-refractivity contribution is 0.661. The quantitative estimate of drug-likeness (QED) is 0.227. The SMILES string of the molecule is CC1(C)c2cc(-c3cccc4c3Sc3cccc5cccc-4c35)ccc2-c2c1ccc1ccccc21. The summed E-state index contributed by atoms with van der Waals surface area (Å²) in [6.45, 7) is 4.75. The van der Waals surface area contributed by atoms with Gasteiger partial charge in [0, 0.05) is 20.6 Å². The van der Waals surface area contributed by atoms with E-state index in [4.69, 9.17) is 0 Å². The first kappa shape index (κ1) is 20.4. The van der Waals surface area contributed by atoms with Crippen LogP contribution in [0.2, 0.25) is 0 Å². The van der Waals surface area contributed by atoms with Crippen molar-refractivity contribution in [3.8, 4) is 33.4 Å². The van der Waals surface area contributed by atoms with Crippen LogP contribution in [-0.2, 0) is 5.41 Å². The summed E-state index contributed by atoms with van der Waals surface area (Å²) in [5.41, 5.74) is 10.9. The van der Waals surface area contributed by atoms with Gasteiger partial charge in [0.25, 0.3) is 0 Å². The lowest BCUT2D eigenvalue weighted by Crippen LogP contribution is -2.15. The second kappa shape index (κ2) is 7.12. The Labute approximate surface area is 215 Å². The molecule has 0 aromatic heterocycles.